The number of halogens is 1. The van der Waals surface area contributed by atoms with Gasteiger partial charge in [0.15, 0.2) is 0 Å². The second-order valence-electron chi connectivity index (χ2n) is 7.94. The van der Waals surface area contributed by atoms with Crippen LogP contribution in [0.15, 0.2) is 35.1 Å². The molecule has 0 radical (unpaired) electrons. The summed E-state index contributed by atoms with van der Waals surface area (Å²) in [7, 11) is 3.75. The zero-order chi connectivity index (χ0) is 22.0. The van der Waals surface area contributed by atoms with Gasteiger partial charge in [-0.3, -0.25) is 4.79 Å². The normalized spacial score (nSPS) is 16.4. The topological polar surface area (TPSA) is 88.2 Å². The summed E-state index contributed by atoms with van der Waals surface area (Å²) in [6.45, 7) is 2.41. The minimum atomic E-state index is -0.304. The number of anilines is 1. The highest BCUT2D eigenvalue weighted by atomic mass is 19.1. The van der Waals surface area contributed by atoms with Crippen molar-refractivity contribution in [3.63, 3.8) is 0 Å². The van der Waals surface area contributed by atoms with Crippen molar-refractivity contribution in [1.82, 2.24) is 25.2 Å². The van der Waals surface area contributed by atoms with Crippen molar-refractivity contribution in [3.05, 3.63) is 53.4 Å². The standard InChI is InChI=1S/C22H25FN6O2/c1-14-18(27-31-26-14)12-20(30)29-11-5-4-6-19(29)21-17(13-24-22(25-21)28(2)3)15-7-9-16(23)10-8-15/h7-10,13,19H,4-6,11-12H2,1-3H3/t19-/m0/s1. The minimum Gasteiger partial charge on any atom is -0.347 e. The molecule has 0 saturated carbocycles. The summed E-state index contributed by atoms with van der Waals surface area (Å²) in [5.41, 5.74) is 3.55. The molecule has 1 saturated heterocycles. The molecule has 1 aromatic carbocycles. The van der Waals surface area contributed by atoms with Crippen LogP contribution in [-0.4, -0.2) is 51.7 Å². The maximum Gasteiger partial charge on any atom is 0.229 e. The van der Waals surface area contributed by atoms with Crippen LogP contribution in [0.2, 0.25) is 0 Å². The van der Waals surface area contributed by atoms with Crippen LogP contribution in [0, 0.1) is 12.7 Å². The number of carbonyl (C=O) groups excluding carboxylic acids is 1. The van der Waals surface area contributed by atoms with Crippen molar-refractivity contribution >= 4 is 11.9 Å². The Balaban J connectivity index is 1.73. The predicted octanol–water partition coefficient (Wildman–Crippen LogP) is 3.34. The van der Waals surface area contributed by atoms with E-state index in [0.29, 0.717) is 23.9 Å². The van der Waals surface area contributed by atoms with Gasteiger partial charge in [0.2, 0.25) is 11.9 Å². The summed E-state index contributed by atoms with van der Waals surface area (Å²) in [5.74, 6) is 0.219. The van der Waals surface area contributed by atoms with E-state index in [0.717, 1.165) is 36.1 Å². The number of amides is 1. The lowest BCUT2D eigenvalue weighted by atomic mass is 9.93. The molecule has 0 aliphatic carbocycles. The Hall–Kier alpha value is -3.36. The number of aromatic nitrogens is 4. The van der Waals surface area contributed by atoms with Gasteiger partial charge < -0.3 is 9.80 Å². The third-order valence-corrected chi connectivity index (χ3v) is 5.56. The molecule has 0 bridgehead atoms. The van der Waals surface area contributed by atoms with Gasteiger partial charge in [-0.05, 0) is 43.9 Å². The molecule has 8 nitrogen and oxygen atoms in total. The fourth-order valence-electron chi connectivity index (χ4n) is 3.88. The first-order chi connectivity index (χ1) is 14.9. The minimum absolute atomic E-state index is 0.0430. The van der Waals surface area contributed by atoms with Gasteiger partial charge in [0.1, 0.15) is 17.2 Å². The van der Waals surface area contributed by atoms with E-state index in [4.69, 9.17) is 9.61 Å². The second kappa shape index (κ2) is 8.79. The average Bonchev–Trinajstić information content (AvgIpc) is 3.18. The third-order valence-electron chi connectivity index (χ3n) is 5.56. The van der Waals surface area contributed by atoms with E-state index in [9.17, 15) is 9.18 Å². The lowest BCUT2D eigenvalue weighted by Gasteiger charge is -2.36. The fourth-order valence-corrected chi connectivity index (χ4v) is 3.88. The largest absolute Gasteiger partial charge is 0.347 e. The van der Waals surface area contributed by atoms with E-state index in [1.165, 1.54) is 12.1 Å². The van der Waals surface area contributed by atoms with Crippen LogP contribution in [0.3, 0.4) is 0 Å². The second-order valence-corrected chi connectivity index (χ2v) is 7.94. The summed E-state index contributed by atoms with van der Waals surface area (Å²) in [5, 5.41) is 7.63. The molecule has 0 unspecified atom stereocenters. The molecule has 2 aromatic heterocycles. The van der Waals surface area contributed by atoms with E-state index in [1.807, 2.05) is 23.9 Å². The average molecular weight is 424 g/mol. The Kier molecular flexibility index (Phi) is 5.92. The Morgan fingerprint density at radius 2 is 2.00 bits per heavy atom. The van der Waals surface area contributed by atoms with Crippen LogP contribution in [0.4, 0.5) is 10.3 Å². The molecule has 1 fully saturated rings. The van der Waals surface area contributed by atoms with Gasteiger partial charge in [-0.2, -0.15) is 0 Å². The summed E-state index contributed by atoms with van der Waals surface area (Å²) in [6.07, 6.45) is 4.59. The molecule has 31 heavy (non-hydrogen) atoms. The number of hydrogen-bond acceptors (Lipinski definition) is 7. The van der Waals surface area contributed by atoms with Crippen LogP contribution >= 0.6 is 0 Å². The lowest BCUT2D eigenvalue weighted by Crippen LogP contribution is -2.40. The SMILES string of the molecule is Cc1nonc1CC(=O)N1CCCC[C@H]1c1nc(N(C)C)ncc1-c1ccc(F)cc1. The molecule has 1 atom stereocenters. The first-order valence-corrected chi connectivity index (χ1v) is 10.3. The number of carbonyl (C=O) groups is 1. The van der Waals surface area contributed by atoms with E-state index in [2.05, 4.69) is 15.3 Å². The molecule has 3 heterocycles. The van der Waals surface area contributed by atoms with E-state index < -0.39 is 0 Å². The van der Waals surface area contributed by atoms with Gasteiger partial charge in [0.25, 0.3) is 0 Å². The molecular weight excluding hydrogens is 399 g/mol. The van der Waals surface area contributed by atoms with E-state index in [1.54, 1.807) is 25.3 Å². The quantitative estimate of drug-likeness (QED) is 0.621. The Morgan fingerprint density at radius 1 is 1.23 bits per heavy atom. The molecule has 3 aromatic rings. The number of aryl methyl sites for hydroxylation is 1. The van der Waals surface area contributed by atoms with Crippen molar-refractivity contribution in [1.29, 1.82) is 0 Å². The maximum atomic E-state index is 13.5. The predicted molar refractivity (Wildman–Crippen MR) is 113 cm³/mol. The van der Waals surface area contributed by atoms with Gasteiger partial charge in [0, 0.05) is 32.4 Å². The van der Waals surface area contributed by atoms with Crippen LogP contribution in [0.25, 0.3) is 11.1 Å². The third kappa shape index (κ3) is 4.40. The van der Waals surface area contributed by atoms with E-state index >= 15 is 0 Å². The molecule has 0 N–H and O–H groups in total. The summed E-state index contributed by atoms with van der Waals surface area (Å²) in [6, 6.07) is 6.06. The van der Waals surface area contributed by atoms with Crippen LogP contribution in [-0.2, 0) is 11.2 Å². The molecule has 1 amide bonds. The number of hydrogen-bond donors (Lipinski definition) is 0. The number of nitrogens with zero attached hydrogens (tertiary/aromatic N) is 6. The van der Waals surface area contributed by atoms with Crippen molar-refractivity contribution < 1.29 is 13.8 Å². The molecular formula is C22H25FN6O2. The molecule has 4 rings (SSSR count). The van der Waals surface area contributed by atoms with E-state index in [-0.39, 0.29) is 24.2 Å². The summed E-state index contributed by atoms with van der Waals surface area (Å²) < 4.78 is 18.2. The van der Waals surface area contributed by atoms with Crippen LogP contribution in [0.1, 0.15) is 42.4 Å². The molecule has 1 aliphatic rings. The van der Waals surface area contributed by atoms with Gasteiger partial charge in [-0.1, -0.05) is 22.4 Å². The first-order valence-electron chi connectivity index (χ1n) is 10.3. The number of benzene rings is 1. The summed E-state index contributed by atoms with van der Waals surface area (Å²) in [4.78, 5) is 26.2. The highest BCUT2D eigenvalue weighted by molar-refractivity contribution is 5.79. The molecule has 162 valence electrons. The van der Waals surface area contributed by atoms with Gasteiger partial charge in [-0.15, -0.1) is 0 Å². The smallest absolute Gasteiger partial charge is 0.229 e. The Bertz CT molecular complexity index is 1070. The van der Waals surface area contributed by atoms with Crippen molar-refractivity contribution in [3.8, 4) is 11.1 Å². The molecule has 9 heteroatoms. The first kappa shape index (κ1) is 20.9. The van der Waals surface area contributed by atoms with Crippen molar-refractivity contribution in [2.45, 2.75) is 38.6 Å². The van der Waals surface area contributed by atoms with Gasteiger partial charge in [-0.25, -0.2) is 19.0 Å². The lowest BCUT2D eigenvalue weighted by molar-refractivity contribution is -0.134. The summed E-state index contributed by atoms with van der Waals surface area (Å²) >= 11 is 0. The van der Waals surface area contributed by atoms with Crippen LogP contribution in [0.5, 0.6) is 0 Å². The van der Waals surface area contributed by atoms with Crippen molar-refractivity contribution in [2.75, 3.05) is 25.5 Å². The maximum absolute atomic E-state index is 13.5. The van der Waals surface area contributed by atoms with Crippen molar-refractivity contribution in [2.24, 2.45) is 0 Å². The zero-order valence-electron chi connectivity index (χ0n) is 17.9. The number of likely N-dealkylation sites (tertiary alicyclic amines) is 1. The highest BCUT2D eigenvalue weighted by Crippen LogP contribution is 2.36. The Labute approximate surface area is 180 Å². The molecule has 0 spiro atoms. The zero-order valence-corrected chi connectivity index (χ0v) is 17.9. The Morgan fingerprint density at radius 3 is 2.68 bits per heavy atom. The monoisotopic (exact) mass is 424 g/mol. The van der Waals surface area contributed by atoms with Gasteiger partial charge >= 0.3 is 0 Å². The molecule has 1 aliphatic heterocycles. The number of rotatable bonds is 5. The highest BCUT2D eigenvalue weighted by Gasteiger charge is 2.32. The van der Waals surface area contributed by atoms with Crippen LogP contribution < -0.4 is 4.90 Å². The fraction of sp³-hybridized carbons (Fsp3) is 0.409. The number of piperidine rings is 1. The van der Waals surface area contributed by atoms with Gasteiger partial charge in [0.05, 0.1) is 18.2 Å².